The third-order valence-corrected chi connectivity index (χ3v) is 14.6. The molecule has 0 aliphatic rings. The highest BCUT2D eigenvalue weighted by molar-refractivity contribution is 6.26. The van der Waals surface area contributed by atoms with Crippen LogP contribution in [-0.2, 0) is 0 Å². The molecule has 2 heteroatoms. The van der Waals surface area contributed by atoms with Gasteiger partial charge in [0.05, 0.1) is 16.7 Å². The topological polar surface area (TPSA) is 8.17 Å². The minimum absolute atomic E-state index is 1.10. The quantitative estimate of drug-likeness (QED) is 0.145. The van der Waals surface area contributed by atoms with Crippen molar-refractivity contribution in [3.05, 3.63) is 267 Å². The minimum Gasteiger partial charge on any atom is -0.310 e. The third kappa shape index (κ3) is 6.49. The lowest BCUT2D eigenvalue weighted by Gasteiger charge is -2.27. The fraction of sp³-hybridized carbons (Fsp3) is 0. The Morgan fingerprint density at radius 2 is 0.686 bits per heavy atom. The number of hydrogen-bond acceptors (Lipinski definition) is 1. The molecule has 14 aromatic rings. The molecule has 0 aliphatic heterocycles. The molecule has 1 aromatic heterocycles. The van der Waals surface area contributed by atoms with Gasteiger partial charge in [0.15, 0.2) is 0 Å². The molecule has 0 aliphatic carbocycles. The maximum Gasteiger partial charge on any atom is 0.0541 e. The van der Waals surface area contributed by atoms with Crippen molar-refractivity contribution in [2.75, 3.05) is 4.90 Å². The van der Waals surface area contributed by atoms with Crippen LogP contribution in [0.15, 0.2) is 267 Å². The molecule has 0 radical (unpaired) electrons. The molecule has 0 fully saturated rings. The van der Waals surface area contributed by atoms with Crippen LogP contribution in [0.25, 0.3) is 115 Å². The van der Waals surface area contributed by atoms with E-state index < -0.39 is 0 Å². The first-order chi connectivity index (χ1) is 34.7. The van der Waals surface area contributed by atoms with E-state index in [1.165, 1.54) is 103 Å². The van der Waals surface area contributed by atoms with Crippen molar-refractivity contribution in [1.29, 1.82) is 0 Å². The van der Waals surface area contributed by atoms with Gasteiger partial charge in [0.2, 0.25) is 0 Å². The Labute approximate surface area is 406 Å². The first kappa shape index (κ1) is 39.9. The second kappa shape index (κ2) is 16.2. The highest BCUT2D eigenvalue weighted by Gasteiger charge is 2.19. The van der Waals surface area contributed by atoms with E-state index in [0.717, 1.165) is 28.3 Å². The van der Waals surface area contributed by atoms with Gasteiger partial charge in [-0.25, -0.2) is 0 Å². The zero-order chi connectivity index (χ0) is 46.1. The standard InChI is InChI=1S/C68H44N2/c1-2-14-45(15-3-1)46-28-34-52(35-29-46)69(66-27-13-19-49-17-5-7-21-57(49)66)53-36-30-47(31-37-53)50-32-40-67-64(42-50)65-43-51(56-26-12-18-48-16-4-6-20-55(48)56)33-41-68(65)70(67)54-38-39-62-60-24-9-8-22-58(60)59-23-10-11-25-61(59)63(62)44-54/h1-44H. The van der Waals surface area contributed by atoms with E-state index in [1.54, 1.807) is 0 Å². The summed E-state index contributed by atoms with van der Waals surface area (Å²) in [6.07, 6.45) is 0. The number of anilines is 3. The Bertz CT molecular complexity index is 4290. The molecule has 0 bridgehead atoms. The van der Waals surface area contributed by atoms with Gasteiger partial charge in [0, 0.05) is 33.2 Å². The molecule has 0 spiro atoms. The SMILES string of the molecule is c1ccc(-c2ccc(N(c3ccc(-c4ccc5c(c4)c4cc(-c6cccc7ccccc67)ccc4n5-c4ccc5c6ccccc6c6ccccc6c5c4)cc3)c3cccc4ccccc34)cc2)cc1. The molecule has 326 valence electrons. The molecule has 0 saturated heterocycles. The number of fused-ring (bicyclic) bond motifs is 11. The van der Waals surface area contributed by atoms with Gasteiger partial charge < -0.3 is 9.47 Å². The Morgan fingerprint density at radius 1 is 0.243 bits per heavy atom. The fourth-order valence-electron chi connectivity index (χ4n) is 11.2. The summed E-state index contributed by atoms with van der Waals surface area (Å²) in [6.45, 7) is 0. The van der Waals surface area contributed by atoms with E-state index in [1.807, 2.05) is 0 Å². The largest absolute Gasteiger partial charge is 0.310 e. The lowest BCUT2D eigenvalue weighted by Crippen LogP contribution is -2.10. The van der Waals surface area contributed by atoms with Gasteiger partial charge in [0.1, 0.15) is 0 Å². The van der Waals surface area contributed by atoms with Crippen molar-refractivity contribution in [3.8, 4) is 39.1 Å². The molecular weight excluding hydrogens is 845 g/mol. The van der Waals surface area contributed by atoms with Crippen LogP contribution < -0.4 is 4.90 Å². The molecule has 70 heavy (non-hydrogen) atoms. The molecule has 0 unspecified atom stereocenters. The van der Waals surface area contributed by atoms with Crippen LogP contribution in [0.5, 0.6) is 0 Å². The summed E-state index contributed by atoms with van der Waals surface area (Å²) in [5.74, 6) is 0. The van der Waals surface area contributed by atoms with Crippen molar-refractivity contribution in [3.63, 3.8) is 0 Å². The zero-order valence-corrected chi connectivity index (χ0v) is 38.3. The molecule has 0 N–H and O–H groups in total. The lowest BCUT2D eigenvalue weighted by atomic mass is 9.94. The van der Waals surface area contributed by atoms with Gasteiger partial charge in [-0.1, -0.05) is 200 Å². The van der Waals surface area contributed by atoms with Gasteiger partial charge in [-0.3, -0.25) is 0 Å². The average Bonchev–Trinajstić information content (AvgIpc) is 3.76. The van der Waals surface area contributed by atoms with Crippen molar-refractivity contribution >= 4 is 92.7 Å². The smallest absolute Gasteiger partial charge is 0.0541 e. The number of nitrogens with zero attached hydrogens (tertiary/aromatic N) is 2. The Kier molecular flexibility index (Phi) is 9.25. The van der Waals surface area contributed by atoms with E-state index in [0.29, 0.717) is 0 Å². The highest BCUT2D eigenvalue weighted by atomic mass is 15.1. The molecule has 2 nitrogen and oxygen atoms in total. The second-order valence-electron chi connectivity index (χ2n) is 18.4. The molecule has 0 amide bonds. The monoisotopic (exact) mass is 888 g/mol. The summed E-state index contributed by atoms with van der Waals surface area (Å²) < 4.78 is 2.47. The van der Waals surface area contributed by atoms with Gasteiger partial charge in [-0.15, -0.1) is 0 Å². The van der Waals surface area contributed by atoms with Crippen molar-refractivity contribution in [2.24, 2.45) is 0 Å². The summed E-state index contributed by atoms with van der Waals surface area (Å²) in [5.41, 5.74) is 14.0. The molecule has 14 rings (SSSR count). The molecular formula is C68H44N2. The lowest BCUT2D eigenvalue weighted by molar-refractivity contribution is 1.19. The predicted octanol–water partition coefficient (Wildman–Crippen LogP) is 19.0. The van der Waals surface area contributed by atoms with Gasteiger partial charge >= 0.3 is 0 Å². The van der Waals surface area contributed by atoms with E-state index in [2.05, 4.69) is 276 Å². The summed E-state index contributed by atoms with van der Waals surface area (Å²) >= 11 is 0. The van der Waals surface area contributed by atoms with Gasteiger partial charge in [-0.05, 0) is 149 Å². The second-order valence-corrected chi connectivity index (χ2v) is 18.4. The minimum atomic E-state index is 1.10. The molecule has 0 atom stereocenters. The molecule has 1 heterocycles. The summed E-state index contributed by atoms with van der Waals surface area (Å²) in [7, 11) is 0. The van der Waals surface area contributed by atoms with E-state index in [9.17, 15) is 0 Å². The number of hydrogen-bond donors (Lipinski definition) is 0. The van der Waals surface area contributed by atoms with Crippen molar-refractivity contribution in [1.82, 2.24) is 4.57 Å². The molecule has 13 aromatic carbocycles. The Balaban J connectivity index is 0.931. The summed E-state index contributed by atoms with van der Waals surface area (Å²) in [5, 5.41) is 15.0. The average molecular weight is 889 g/mol. The normalized spacial score (nSPS) is 11.7. The Morgan fingerprint density at radius 3 is 1.33 bits per heavy atom. The van der Waals surface area contributed by atoms with Gasteiger partial charge in [-0.2, -0.15) is 0 Å². The third-order valence-electron chi connectivity index (χ3n) is 14.6. The van der Waals surface area contributed by atoms with Crippen LogP contribution in [0.2, 0.25) is 0 Å². The summed E-state index contributed by atoms with van der Waals surface area (Å²) in [6, 6.07) is 98.1. The van der Waals surface area contributed by atoms with Crippen LogP contribution in [0.4, 0.5) is 17.1 Å². The predicted molar refractivity (Wildman–Crippen MR) is 299 cm³/mol. The van der Waals surface area contributed by atoms with Crippen LogP contribution in [-0.4, -0.2) is 4.57 Å². The maximum atomic E-state index is 2.47. The highest BCUT2D eigenvalue weighted by Crippen LogP contribution is 2.43. The van der Waals surface area contributed by atoms with Crippen molar-refractivity contribution in [2.45, 2.75) is 0 Å². The van der Waals surface area contributed by atoms with Crippen LogP contribution in [0.1, 0.15) is 0 Å². The van der Waals surface area contributed by atoms with Crippen LogP contribution in [0.3, 0.4) is 0 Å². The maximum absolute atomic E-state index is 2.47. The number of rotatable bonds is 7. The Hall–Kier alpha value is -9.24. The molecule has 0 saturated carbocycles. The summed E-state index contributed by atoms with van der Waals surface area (Å²) in [4.78, 5) is 2.39. The van der Waals surface area contributed by atoms with Gasteiger partial charge in [0.25, 0.3) is 0 Å². The first-order valence-corrected chi connectivity index (χ1v) is 24.2. The van der Waals surface area contributed by atoms with E-state index in [4.69, 9.17) is 0 Å². The number of benzene rings is 13. The fourth-order valence-corrected chi connectivity index (χ4v) is 11.2. The van der Waals surface area contributed by atoms with Crippen LogP contribution in [0, 0.1) is 0 Å². The van der Waals surface area contributed by atoms with E-state index in [-0.39, 0.29) is 0 Å². The zero-order valence-electron chi connectivity index (χ0n) is 38.3. The number of aromatic nitrogens is 1. The van der Waals surface area contributed by atoms with Crippen LogP contribution >= 0.6 is 0 Å². The first-order valence-electron chi connectivity index (χ1n) is 24.2. The van der Waals surface area contributed by atoms with E-state index >= 15 is 0 Å². The van der Waals surface area contributed by atoms with Crippen molar-refractivity contribution < 1.29 is 0 Å².